The van der Waals surface area contributed by atoms with Crippen LogP contribution in [0.15, 0.2) is 30.3 Å². The molecule has 22 heavy (non-hydrogen) atoms. The first kappa shape index (κ1) is 14.0. The zero-order valence-electron chi connectivity index (χ0n) is 13.2. The van der Waals surface area contributed by atoms with Crippen molar-refractivity contribution in [2.75, 3.05) is 0 Å². The third-order valence-electron chi connectivity index (χ3n) is 7.39. The zero-order valence-corrected chi connectivity index (χ0v) is 14.8. The minimum absolute atomic E-state index is 0.530. The van der Waals surface area contributed by atoms with Crippen LogP contribution in [0.5, 0.6) is 0 Å². The van der Waals surface area contributed by atoms with Crippen molar-refractivity contribution in [3.63, 3.8) is 0 Å². The Hall–Kier alpha value is -0.340. The van der Waals surface area contributed by atoms with Crippen LogP contribution in [-0.4, -0.2) is 10.9 Å². The van der Waals surface area contributed by atoms with Gasteiger partial charge in [0.15, 0.2) is 0 Å². The predicted molar refractivity (Wildman–Crippen MR) is 91.8 cm³/mol. The van der Waals surface area contributed by atoms with Gasteiger partial charge in [-0.25, -0.2) is 0 Å². The van der Waals surface area contributed by atoms with Crippen LogP contribution >= 0.6 is 15.9 Å². The van der Waals surface area contributed by atoms with Gasteiger partial charge in [0.25, 0.3) is 0 Å². The molecule has 6 rings (SSSR count). The number of alkyl halides is 1. The van der Waals surface area contributed by atoms with Gasteiger partial charge in [-0.3, -0.25) is 0 Å². The predicted octanol–water partition coefficient (Wildman–Crippen LogP) is 5.04. The van der Waals surface area contributed by atoms with Crippen LogP contribution in [-0.2, 0) is 11.3 Å². The van der Waals surface area contributed by atoms with Crippen molar-refractivity contribution >= 4 is 15.9 Å². The summed E-state index contributed by atoms with van der Waals surface area (Å²) in [6, 6.07) is 10.7. The molecule has 1 aromatic rings. The second kappa shape index (κ2) is 4.83. The van der Waals surface area contributed by atoms with Gasteiger partial charge in [0.05, 0.1) is 12.7 Å². The Kier molecular flexibility index (Phi) is 3.08. The average Bonchev–Trinajstić information content (AvgIpc) is 2.77. The molecule has 8 atom stereocenters. The first-order valence-electron chi connectivity index (χ1n) is 9.08. The molecular formula is C20H25BrO. The van der Waals surface area contributed by atoms with Crippen molar-refractivity contribution in [2.24, 2.45) is 35.0 Å². The van der Waals surface area contributed by atoms with E-state index in [-0.39, 0.29) is 0 Å². The van der Waals surface area contributed by atoms with Crippen molar-refractivity contribution in [1.29, 1.82) is 0 Å². The van der Waals surface area contributed by atoms with E-state index in [4.69, 9.17) is 4.74 Å². The molecule has 0 radical (unpaired) electrons. The molecule has 5 aliphatic carbocycles. The smallest absolute Gasteiger partial charge is 0.0720 e. The molecule has 0 amide bonds. The highest BCUT2D eigenvalue weighted by atomic mass is 79.9. The molecule has 2 heteroatoms. The van der Waals surface area contributed by atoms with E-state index in [0.717, 1.165) is 41.0 Å². The van der Waals surface area contributed by atoms with Crippen LogP contribution in [0.3, 0.4) is 0 Å². The summed E-state index contributed by atoms with van der Waals surface area (Å²) in [5.41, 5.74) is 2.00. The molecule has 5 aliphatic rings. The fraction of sp³-hybridized carbons (Fsp3) is 0.700. The summed E-state index contributed by atoms with van der Waals surface area (Å²) in [5.74, 6) is 4.80. The fourth-order valence-electron chi connectivity index (χ4n) is 6.80. The molecule has 0 aromatic heterocycles. The van der Waals surface area contributed by atoms with Gasteiger partial charge < -0.3 is 4.74 Å². The van der Waals surface area contributed by atoms with Crippen molar-refractivity contribution in [3.05, 3.63) is 35.9 Å². The number of halogens is 1. The molecular weight excluding hydrogens is 336 g/mol. The number of unbranched alkanes of at least 4 members (excludes halogenated alkanes) is 1. The van der Waals surface area contributed by atoms with E-state index in [1.54, 1.807) is 0 Å². The topological polar surface area (TPSA) is 9.23 Å². The number of benzene rings is 1. The molecule has 0 aliphatic heterocycles. The van der Waals surface area contributed by atoms with E-state index in [0.29, 0.717) is 11.5 Å². The molecule has 1 nitrogen and oxygen atoms in total. The lowest BCUT2D eigenvalue weighted by molar-refractivity contribution is -0.000545. The monoisotopic (exact) mass is 360 g/mol. The van der Waals surface area contributed by atoms with E-state index in [1.165, 1.54) is 31.2 Å². The molecule has 118 valence electrons. The van der Waals surface area contributed by atoms with Crippen LogP contribution < -0.4 is 0 Å². The summed E-state index contributed by atoms with van der Waals surface area (Å²) >= 11 is 4.13. The van der Waals surface area contributed by atoms with Crippen LogP contribution in [0.4, 0.5) is 0 Å². The molecule has 0 heterocycles. The minimum Gasteiger partial charge on any atom is -0.373 e. The number of ether oxygens (including phenoxy) is 1. The lowest BCUT2D eigenvalue weighted by Gasteiger charge is -2.22. The third-order valence-corrected chi connectivity index (χ3v) is 8.85. The maximum absolute atomic E-state index is 6.39. The fourth-order valence-corrected chi connectivity index (χ4v) is 8.39. The Morgan fingerprint density at radius 3 is 2.73 bits per heavy atom. The summed E-state index contributed by atoms with van der Waals surface area (Å²) < 4.78 is 6.39. The Labute approximate surface area is 141 Å². The van der Waals surface area contributed by atoms with Crippen LogP contribution in [0.1, 0.15) is 38.2 Å². The molecule has 1 aromatic carbocycles. The molecule has 0 N–H and O–H groups in total. The highest BCUT2D eigenvalue weighted by Crippen LogP contribution is 2.90. The lowest BCUT2D eigenvalue weighted by atomic mass is 9.96. The van der Waals surface area contributed by atoms with E-state index in [9.17, 15) is 0 Å². The molecule has 0 saturated heterocycles. The summed E-state index contributed by atoms with van der Waals surface area (Å²) in [6.45, 7) is 3.13. The van der Waals surface area contributed by atoms with Gasteiger partial charge in [0.2, 0.25) is 0 Å². The second-order valence-electron chi connectivity index (χ2n) is 8.06. The summed E-state index contributed by atoms with van der Waals surface area (Å²) in [4.78, 5) is 0.793. The van der Waals surface area contributed by atoms with Crippen LogP contribution in [0, 0.1) is 35.0 Å². The zero-order chi connectivity index (χ0) is 14.9. The van der Waals surface area contributed by atoms with E-state index >= 15 is 0 Å². The first-order valence-corrected chi connectivity index (χ1v) is 10.00. The summed E-state index contributed by atoms with van der Waals surface area (Å²) in [5, 5.41) is 0. The normalized spacial score (nSPS) is 49.8. The SMILES string of the molecule is CCCC[C@]12[C@@H]3[C@H]4C[C@H](OCc5ccccc5)[C@H]([C@H]4[C@H]1Br)[C@@H]32. The minimum atomic E-state index is 0.530. The first-order chi connectivity index (χ1) is 10.8. The molecule has 6 bridgehead atoms. The highest BCUT2D eigenvalue weighted by molar-refractivity contribution is 9.09. The molecule has 5 saturated carbocycles. The third kappa shape index (κ3) is 1.59. The van der Waals surface area contributed by atoms with Crippen LogP contribution in [0.2, 0.25) is 0 Å². The van der Waals surface area contributed by atoms with Crippen molar-refractivity contribution < 1.29 is 4.74 Å². The molecule has 5 fully saturated rings. The lowest BCUT2D eigenvalue weighted by Crippen LogP contribution is -2.23. The maximum atomic E-state index is 6.39. The Balaban J connectivity index is 1.30. The van der Waals surface area contributed by atoms with Gasteiger partial charge in [-0.2, -0.15) is 0 Å². The Morgan fingerprint density at radius 2 is 2.00 bits per heavy atom. The summed E-state index contributed by atoms with van der Waals surface area (Å²) in [7, 11) is 0. The van der Waals surface area contributed by atoms with Crippen molar-refractivity contribution in [2.45, 2.75) is 50.1 Å². The second-order valence-corrected chi connectivity index (χ2v) is 9.05. The molecule has 0 spiro atoms. The largest absolute Gasteiger partial charge is 0.373 e. The summed E-state index contributed by atoms with van der Waals surface area (Å²) in [6.07, 6.45) is 6.08. The van der Waals surface area contributed by atoms with Crippen molar-refractivity contribution in [3.8, 4) is 0 Å². The number of hydrogen-bond donors (Lipinski definition) is 0. The van der Waals surface area contributed by atoms with Gasteiger partial charge in [-0.1, -0.05) is 66.0 Å². The van der Waals surface area contributed by atoms with Gasteiger partial charge in [-0.05, 0) is 53.4 Å². The maximum Gasteiger partial charge on any atom is 0.0720 e. The standard InChI is InChI=1S/C20H25BrO/c1-2-3-9-20-17-13-10-14(16(18(17)20)15(13)19(20)21)22-11-12-7-5-4-6-8-12/h4-8,13-19H,2-3,9-11H2,1H3/t13-,14-,15-,16+,17+,18-,19+,20+/m0/s1. The van der Waals surface area contributed by atoms with Gasteiger partial charge in [-0.15, -0.1) is 0 Å². The van der Waals surface area contributed by atoms with E-state index in [1.807, 2.05) is 0 Å². The number of hydrogen-bond acceptors (Lipinski definition) is 1. The average molecular weight is 361 g/mol. The highest BCUT2D eigenvalue weighted by Gasteiger charge is 2.88. The number of rotatable bonds is 6. The van der Waals surface area contributed by atoms with Gasteiger partial charge in [0.1, 0.15) is 0 Å². The van der Waals surface area contributed by atoms with E-state index in [2.05, 4.69) is 53.2 Å². The quantitative estimate of drug-likeness (QED) is 0.645. The van der Waals surface area contributed by atoms with Gasteiger partial charge in [0, 0.05) is 4.83 Å². The molecule has 0 unspecified atom stereocenters. The van der Waals surface area contributed by atoms with E-state index < -0.39 is 0 Å². The Morgan fingerprint density at radius 1 is 1.18 bits per heavy atom. The van der Waals surface area contributed by atoms with Crippen LogP contribution in [0.25, 0.3) is 0 Å². The van der Waals surface area contributed by atoms with Crippen molar-refractivity contribution in [1.82, 2.24) is 0 Å². The Bertz CT molecular complexity index is 568. The van der Waals surface area contributed by atoms with Gasteiger partial charge >= 0.3 is 0 Å².